The summed E-state index contributed by atoms with van der Waals surface area (Å²) in [6, 6.07) is 16.0. The molecule has 2 aromatic rings. The van der Waals surface area contributed by atoms with Crippen molar-refractivity contribution in [3.05, 3.63) is 59.7 Å². The number of amides is 2. The Morgan fingerprint density at radius 2 is 1.43 bits per heavy atom. The molecular formula is C24H28N2O2. The fourth-order valence-electron chi connectivity index (χ4n) is 4.20. The molecule has 1 saturated heterocycles. The van der Waals surface area contributed by atoms with Crippen molar-refractivity contribution in [2.24, 2.45) is 5.92 Å². The molecule has 2 aliphatic rings. The van der Waals surface area contributed by atoms with Crippen LogP contribution in [0.3, 0.4) is 0 Å². The topological polar surface area (TPSA) is 40.6 Å². The highest BCUT2D eigenvalue weighted by molar-refractivity contribution is 6.01. The standard InChI is InChI=1S/C24H28N2O2/c1-18-8-2-3-11-20(18)21-12-4-5-13-22(21)24(28)26-15-7-14-25(16-17-26)23(27)19-9-6-10-19/h2-5,8,11-13,19H,6-7,9-10,14-17H2,1H3. The van der Waals surface area contributed by atoms with Crippen molar-refractivity contribution in [2.45, 2.75) is 32.6 Å². The maximum absolute atomic E-state index is 13.4. The quantitative estimate of drug-likeness (QED) is 0.808. The van der Waals surface area contributed by atoms with Crippen LogP contribution in [0, 0.1) is 12.8 Å². The van der Waals surface area contributed by atoms with E-state index >= 15 is 0 Å². The number of rotatable bonds is 3. The zero-order valence-corrected chi connectivity index (χ0v) is 16.6. The van der Waals surface area contributed by atoms with Crippen molar-refractivity contribution in [3.63, 3.8) is 0 Å². The number of nitrogens with zero attached hydrogens (tertiary/aromatic N) is 2. The van der Waals surface area contributed by atoms with E-state index in [-0.39, 0.29) is 11.8 Å². The average Bonchev–Trinajstić information content (AvgIpc) is 2.93. The molecule has 4 nitrogen and oxygen atoms in total. The maximum Gasteiger partial charge on any atom is 0.254 e. The molecule has 0 aromatic heterocycles. The Morgan fingerprint density at radius 1 is 0.786 bits per heavy atom. The van der Waals surface area contributed by atoms with Crippen molar-refractivity contribution < 1.29 is 9.59 Å². The molecule has 0 bridgehead atoms. The normalized spacial score (nSPS) is 17.8. The third-order valence-electron chi connectivity index (χ3n) is 6.14. The van der Waals surface area contributed by atoms with E-state index in [1.807, 2.05) is 46.2 Å². The summed E-state index contributed by atoms with van der Waals surface area (Å²) >= 11 is 0. The SMILES string of the molecule is Cc1ccccc1-c1ccccc1C(=O)N1CCCN(C(=O)C2CCC2)CC1. The number of carbonyl (C=O) groups is 2. The van der Waals surface area contributed by atoms with E-state index in [1.54, 1.807) is 0 Å². The number of aryl methyl sites for hydroxylation is 1. The van der Waals surface area contributed by atoms with E-state index in [1.165, 1.54) is 6.42 Å². The van der Waals surface area contributed by atoms with Gasteiger partial charge in [-0.05, 0) is 48.9 Å². The van der Waals surface area contributed by atoms with Crippen LogP contribution in [-0.2, 0) is 4.79 Å². The second-order valence-electron chi connectivity index (χ2n) is 7.96. The van der Waals surface area contributed by atoms with Gasteiger partial charge in [0.05, 0.1) is 0 Å². The van der Waals surface area contributed by atoms with Gasteiger partial charge in [0.25, 0.3) is 5.91 Å². The van der Waals surface area contributed by atoms with Crippen molar-refractivity contribution in [1.29, 1.82) is 0 Å². The predicted molar refractivity (Wildman–Crippen MR) is 111 cm³/mol. The summed E-state index contributed by atoms with van der Waals surface area (Å²) in [5, 5.41) is 0. The van der Waals surface area contributed by atoms with Crippen LogP contribution in [0.2, 0.25) is 0 Å². The second kappa shape index (κ2) is 8.17. The molecule has 146 valence electrons. The monoisotopic (exact) mass is 376 g/mol. The van der Waals surface area contributed by atoms with Gasteiger partial charge in [0.2, 0.25) is 5.91 Å². The summed E-state index contributed by atoms with van der Waals surface area (Å²) in [4.78, 5) is 29.8. The minimum absolute atomic E-state index is 0.0665. The van der Waals surface area contributed by atoms with Gasteiger partial charge in [0.1, 0.15) is 0 Å². The van der Waals surface area contributed by atoms with Crippen LogP contribution >= 0.6 is 0 Å². The van der Waals surface area contributed by atoms with Crippen LogP contribution in [0.1, 0.15) is 41.6 Å². The lowest BCUT2D eigenvalue weighted by molar-refractivity contribution is -0.138. The van der Waals surface area contributed by atoms with Crippen LogP contribution in [0.4, 0.5) is 0 Å². The highest BCUT2D eigenvalue weighted by atomic mass is 16.2. The smallest absolute Gasteiger partial charge is 0.254 e. The molecule has 4 heteroatoms. The van der Waals surface area contributed by atoms with E-state index in [0.717, 1.165) is 48.1 Å². The highest BCUT2D eigenvalue weighted by Crippen LogP contribution is 2.30. The molecule has 0 N–H and O–H groups in total. The lowest BCUT2D eigenvalue weighted by Gasteiger charge is -2.31. The summed E-state index contributed by atoms with van der Waals surface area (Å²) in [7, 11) is 0. The fraction of sp³-hybridized carbons (Fsp3) is 0.417. The van der Waals surface area contributed by atoms with Gasteiger partial charge in [0.15, 0.2) is 0 Å². The van der Waals surface area contributed by atoms with Gasteiger partial charge in [-0.3, -0.25) is 9.59 Å². The summed E-state index contributed by atoms with van der Waals surface area (Å²) < 4.78 is 0. The molecule has 4 rings (SSSR count). The van der Waals surface area contributed by atoms with E-state index in [2.05, 4.69) is 19.1 Å². The van der Waals surface area contributed by atoms with Gasteiger partial charge < -0.3 is 9.80 Å². The lowest BCUT2D eigenvalue weighted by Crippen LogP contribution is -2.41. The molecule has 0 atom stereocenters. The predicted octanol–water partition coefficient (Wildman–Crippen LogP) is 4.14. The average molecular weight is 377 g/mol. The molecule has 1 saturated carbocycles. The van der Waals surface area contributed by atoms with Crippen molar-refractivity contribution in [2.75, 3.05) is 26.2 Å². The summed E-state index contributed by atoms with van der Waals surface area (Å²) in [6.07, 6.45) is 4.07. The molecule has 1 heterocycles. The molecule has 0 unspecified atom stereocenters. The van der Waals surface area contributed by atoms with Gasteiger partial charge in [0, 0.05) is 37.7 Å². The highest BCUT2D eigenvalue weighted by Gasteiger charge is 2.31. The molecule has 2 amide bonds. The largest absolute Gasteiger partial charge is 0.341 e. The molecule has 2 aromatic carbocycles. The molecule has 28 heavy (non-hydrogen) atoms. The van der Waals surface area contributed by atoms with Crippen LogP contribution in [0.15, 0.2) is 48.5 Å². The van der Waals surface area contributed by atoms with E-state index in [9.17, 15) is 9.59 Å². The first kappa shape index (κ1) is 18.7. The van der Waals surface area contributed by atoms with Crippen LogP contribution in [-0.4, -0.2) is 47.8 Å². The number of hydrogen-bond acceptors (Lipinski definition) is 2. The fourth-order valence-corrected chi connectivity index (χ4v) is 4.20. The van der Waals surface area contributed by atoms with E-state index in [0.29, 0.717) is 25.5 Å². The Labute approximate surface area is 167 Å². The molecule has 1 aliphatic heterocycles. The van der Waals surface area contributed by atoms with Gasteiger partial charge in [-0.2, -0.15) is 0 Å². The van der Waals surface area contributed by atoms with Crippen molar-refractivity contribution in [3.8, 4) is 11.1 Å². The van der Waals surface area contributed by atoms with Crippen molar-refractivity contribution >= 4 is 11.8 Å². The first-order valence-corrected chi connectivity index (χ1v) is 10.4. The summed E-state index contributed by atoms with van der Waals surface area (Å²) in [5.41, 5.74) is 3.99. The molecule has 0 radical (unpaired) electrons. The Morgan fingerprint density at radius 3 is 2.14 bits per heavy atom. The minimum Gasteiger partial charge on any atom is -0.341 e. The third-order valence-corrected chi connectivity index (χ3v) is 6.14. The Balaban J connectivity index is 1.52. The lowest BCUT2D eigenvalue weighted by atomic mass is 9.84. The van der Waals surface area contributed by atoms with Gasteiger partial charge in [-0.25, -0.2) is 0 Å². The van der Waals surface area contributed by atoms with Crippen LogP contribution in [0.5, 0.6) is 0 Å². The van der Waals surface area contributed by atoms with E-state index < -0.39 is 0 Å². The maximum atomic E-state index is 13.4. The molecule has 2 fully saturated rings. The van der Waals surface area contributed by atoms with Crippen LogP contribution < -0.4 is 0 Å². The Bertz CT molecular complexity index is 872. The summed E-state index contributed by atoms with van der Waals surface area (Å²) in [6.45, 7) is 4.80. The number of hydrogen-bond donors (Lipinski definition) is 0. The van der Waals surface area contributed by atoms with Gasteiger partial charge >= 0.3 is 0 Å². The summed E-state index contributed by atoms with van der Waals surface area (Å²) in [5.74, 6) is 0.585. The Hall–Kier alpha value is -2.62. The Kier molecular flexibility index (Phi) is 5.47. The van der Waals surface area contributed by atoms with Gasteiger partial charge in [-0.15, -0.1) is 0 Å². The first-order chi connectivity index (χ1) is 13.6. The van der Waals surface area contributed by atoms with Crippen LogP contribution in [0.25, 0.3) is 11.1 Å². The number of carbonyl (C=O) groups excluding carboxylic acids is 2. The van der Waals surface area contributed by atoms with Crippen molar-refractivity contribution in [1.82, 2.24) is 9.80 Å². The number of benzene rings is 2. The third kappa shape index (κ3) is 3.68. The second-order valence-corrected chi connectivity index (χ2v) is 7.96. The molecule has 0 spiro atoms. The zero-order valence-electron chi connectivity index (χ0n) is 16.6. The van der Waals surface area contributed by atoms with E-state index in [4.69, 9.17) is 0 Å². The first-order valence-electron chi connectivity index (χ1n) is 10.4. The minimum atomic E-state index is 0.0665. The zero-order chi connectivity index (χ0) is 19.5. The molecule has 1 aliphatic carbocycles. The molecular weight excluding hydrogens is 348 g/mol. The van der Waals surface area contributed by atoms with Gasteiger partial charge in [-0.1, -0.05) is 48.9 Å².